The Hall–Kier alpha value is -2.24. The highest BCUT2D eigenvalue weighted by molar-refractivity contribution is 9.10. The Labute approximate surface area is 171 Å². The molecule has 3 rings (SSSR count). The Morgan fingerprint density at radius 3 is 2.78 bits per heavy atom. The van der Waals surface area contributed by atoms with E-state index in [9.17, 15) is 4.79 Å². The summed E-state index contributed by atoms with van der Waals surface area (Å²) >= 11 is 9.74. The number of nitrogens with zero attached hydrogens (tertiary/aromatic N) is 1. The van der Waals surface area contributed by atoms with Crippen molar-refractivity contribution in [3.8, 4) is 11.4 Å². The zero-order chi connectivity index (χ0) is 19.6. The number of carbonyl (C=O) groups is 1. The Kier molecular flexibility index (Phi) is 5.92. The van der Waals surface area contributed by atoms with Crippen molar-refractivity contribution in [3.63, 3.8) is 0 Å². The quantitative estimate of drug-likeness (QED) is 0.338. The predicted octanol–water partition coefficient (Wildman–Crippen LogP) is 6.10. The van der Waals surface area contributed by atoms with Crippen molar-refractivity contribution in [3.05, 3.63) is 69.8 Å². The van der Waals surface area contributed by atoms with Crippen LogP contribution < -0.4 is 4.74 Å². The first-order valence-corrected chi connectivity index (χ1v) is 9.66. The second-order valence-corrected chi connectivity index (χ2v) is 7.19. The van der Waals surface area contributed by atoms with E-state index in [0.29, 0.717) is 29.5 Å². The molecule has 0 radical (unpaired) electrons. The summed E-state index contributed by atoms with van der Waals surface area (Å²) in [5.74, 6) is 0.272. The Morgan fingerprint density at radius 1 is 1.33 bits per heavy atom. The standard InChI is InChI=1S/C21H19BrClNO3/c1-4-9-27-19-11-16-18(12-17(19)22)24(15-8-6-7-14(23)10-15)13(3)20(16)21(25)26-5-2/h4,6-8,10-12H,1,5,9H2,2-3H3. The third-order valence-electron chi connectivity index (χ3n) is 4.16. The van der Waals surface area contributed by atoms with Gasteiger partial charge in [-0.05, 0) is 60.1 Å². The van der Waals surface area contributed by atoms with E-state index in [4.69, 9.17) is 21.1 Å². The van der Waals surface area contributed by atoms with Crippen LogP contribution in [0, 0.1) is 6.92 Å². The lowest BCUT2D eigenvalue weighted by atomic mass is 10.1. The van der Waals surface area contributed by atoms with E-state index in [2.05, 4.69) is 22.5 Å². The van der Waals surface area contributed by atoms with E-state index in [1.165, 1.54) is 0 Å². The fraction of sp³-hybridized carbons (Fsp3) is 0.190. The maximum Gasteiger partial charge on any atom is 0.340 e. The average Bonchev–Trinajstić information content (AvgIpc) is 2.90. The average molecular weight is 449 g/mol. The molecule has 140 valence electrons. The number of esters is 1. The summed E-state index contributed by atoms with van der Waals surface area (Å²) in [5.41, 5.74) is 3.02. The molecule has 0 bridgehead atoms. The summed E-state index contributed by atoms with van der Waals surface area (Å²) in [6.07, 6.45) is 1.67. The van der Waals surface area contributed by atoms with Crippen LogP contribution >= 0.6 is 27.5 Å². The lowest BCUT2D eigenvalue weighted by Crippen LogP contribution is -2.07. The molecule has 0 saturated carbocycles. The lowest BCUT2D eigenvalue weighted by Gasteiger charge is -2.10. The van der Waals surface area contributed by atoms with Gasteiger partial charge in [0.1, 0.15) is 12.4 Å². The van der Waals surface area contributed by atoms with E-state index in [1.807, 2.05) is 47.9 Å². The molecule has 1 aromatic heterocycles. The molecule has 0 spiro atoms. The summed E-state index contributed by atoms with van der Waals surface area (Å²) in [4.78, 5) is 12.7. The summed E-state index contributed by atoms with van der Waals surface area (Å²) in [6, 6.07) is 11.3. The second kappa shape index (κ2) is 8.19. The summed E-state index contributed by atoms with van der Waals surface area (Å²) in [5, 5.41) is 1.38. The van der Waals surface area contributed by atoms with Crippen molar-refractivity contribution in [2.45, 2.75) is 13.8 Å². The normalized spacial score (nSPS) is 10.8. The highest BCUT2D eigenvalue weighted by Gasteiger charge is 2.23. The first-order valence-electron chi connectivity index (χ1n) is 8.49. The molecule has 0 aliphatic heterocycles. The van der Waals surface area contributed by atoms with Crippen molar-refractivity contribution in [2.75, 3.05) is 13.2 Å². The Morgan fingerprint density at radius 2 is 2.11 bits per heavy atom. The van der Waals surface area contributed by atoms with Gasteiger partial charge in [-0.15, -0.1) is 0 Å². The number of fused-ring (bicyclic) bond motifs is 1. The van der Waals surface area contributed by atoms with Crippen LogP contribution in [0.5, 0.6) is 5.75 Å². The van der Waals surface area contributed by atoms with E-state index >= 15 is 0 Å². The SMILES string of the molecule is C=CCOc1cc2c(C(=O)OCC)c(C)n(-c3cccc(Cl)c3)c2cc1Br. The molecule has 0 aliphatic carbocycles. The number of halogens is 2. The van der Waals surface area contributed by atoms with E-state index in [1.54, 1.807) is 13.0 Å². The zero-order valence-corrected chi connectivity index (χ0v) is 17.4. The number of carbonyl (C=O) groups excluding carboxylic acids is 1. The number of benzene rings is 2. The van der Waals surface area contributed by atoms with Crippen molar-refractivity contribution in [2.24, 2.45) is 0 Å². The van der Waals surface area contributed by atoms with E-state index in [-0.39, 0.29) is 5.97 Å². The summed E-state index contributed by atoms with van der Waals surface area (Å²) in [7, 11) is 0. The van der Waals surface area contributed by atoms with Crippen molar-refractivity contribution in [1.82, 2.24) is 4.57 Å². The van der Waals surface area contributed by atoms with Gasteiger partial charge in [-0.3, -0.25) is 0 Å². The van der Waals surface area contributed by atoms with Gasteiger partial charge >= 0.3 is 5.97 Å². The Balaban J connectivity index is 2.32. The van der Waals surface area contributed by atoms with Crippen LogP contribution in [-0.4, -0.2) is 23.8 Å². The predicted molar refractivity (Wildman–Crippen MR) is 112 cm³/mol. The van der Waals surface area contributed by atoms with Crippen molar-refractivity contribution in [1.29, 1.82) is 0 Å². The minimum atomic E-state index is -0.363. The fourth-order valence-corrected chi connectivity index (χ4v) is 3.71. The van der Waals surface area contributed by atoms with Gasteiger partial charge in [-0.2, -0.15) is 0 Å². The maximum atomic E-state index is 12.7. The molecule has 4 nitrogen and oxygen atoms in total. The number of rotatable bonds is 6. The van der Waals surface area contributed by atoms with Gasteiger partial charge in [0.2, 0.25) is 0 Å². The number of hydrogen-bond acceptors (Lipinski definition) is 3. The Bertz CT molecular complexity index is 1030. The number of hydrogen-bond donors (Lipinski definition) is 0. The first-order chi connectivity index (χ1) is 13.0. The first kappa shape index (κ1) is 19.5. The van der Waals surface area contributed by atoms with Gasteiger partial charge in [0.05, 0.1) is 22.2 Å². The van der Waals surface area contributed by atoms with Crippen molar-refractivity contribution >= 4 is 44.4 Å². The molecule has 1 heterocycles. The van der Waals surface area contributed by atoms with Crippen LogP contribution in [0.2, 0.25) is 5.02 Å². The third kappa shape index (κ3) is 3.75. The molecule has 0 unspecified atom stereocenters. The molecular weight excluding hydrogens is 430 g/mol. The molecule has 6 heteroatoms. The monoisotopic (exact) mass is 447 g/mol. The summed E-state index contributed by atoms with van der Waals surface area (Å²) in [6.45, 7) is 8.03. The van der Waals surface area contributed by atoms with Gasteiger partial charge in [0, 0.05) is 21.8 Å². The van der Waals surface area contributed by atoms with Gasteiger partial charge in [0.15, 0.2) is 0 Å². The van der Waals surface area contributed by atoms with Crippen LogP contribution in [0.1, 0.15) is 23.0 Å². The maximum absolute atomic E-state index is 12.7. The molecule has 0 atom stereocenters. The van der Waals surface area contributed by atoms with Crippen molar-refractivity contribution < 1.29 is 14.3 Å². The minimum absolute atomic E-state index is 0.304. The van der Waals surface area contributed by atoms with Gasteiger partial charge in [-0.25, -0.2) is 4.79 Å². The second-order valence-electron chi connectivity index (χ2n) is 5.90. The molecule has 0 fully saturated rings. The molecule has 27 heavy (non-hydrogen) atoms. The zero-order valence-electron chi connectivity index (χ0n) is 15.1. The largest absolute Gasteiger partial charge is 0.488 e. The molecule has 0 saturated heterocycles. The van der Waals surface area contributed by atoms with E-state index < -0.39 is 0 Å². The number of aromatic nitrogens is 1. The van der Waals surface area contributed by atoms with Crippen LogP contribution in [0.25, 0.3) is 16.6 Å². The molecule has 0 aliphatic rings. The van der Waals surface area contributed by atoms with Crippen LogP contribution in [0.4, 0.5) is 0 Å². The highest BCUT2D eigenvalue weighted by atomic mass is 79.9. The van der Waals surface area contributed by atoms with Crippen LogP contribution in [0.3, 0.4) is 0 Å². The molecule has 0 amide bonds. The van der Waals surface area contributed by atoms with Gasteiger partial charge < -0.3 is 14.0 Å². The van der Waals surface area contributed by atoms with Crippen LogP contribution in [-0.2, 0) is 4.74 Å². The van der Waals surface area contributed by atoms with Gasteiger partial charge in [-0.1, -0.05) is 30.3 Å². The highest BCUT2D eigenvalue weighted by Crippen LogP contribution is 2.37. The fourth-order valence-electron chi connectivity index (χ4n) is 3.08. The molecular formula is C21H19BrClNO3. The smallest absolute Gasteiger partial charge is 0.340 e. The molecule has 0 N–H and O–H groups in total. The lowest BCUT2D eigenvalue weighted by molar-refractivity contribution is 0.0527. The van der Waals surface area contributed by atoms with E-state index in [0.717, 1.165) is 26.8 Å². The molecule has 2 aromatic carbocycles. The summed E-state index contributed by atoms with van der Waals surface area (Å²) < 4.78 is 13.8. The molecule has 3 aromatic rings. The van der Waals surface area contributed by atoms with Crippen LogP contribution in [0.15, 0.2) is 53.5 Å². The topological polar surface area (TPSA) is 40.5 Å². The van der Waals surface area contributed by atoms with Gasteiger partial charge in [0.25, 0.3) is 0 Å². The third-order valence-corrected chi connectivity index (χ3v) is 5.02. The number of ether oxygens (including phenoxy) is 2. The minimum Gasteiger partial charge on any atom is -0.488 e.